The molecule has 0 saturated heterocycles. The molecule has 192 valence electrons. The third-order valence-electron chi connectivity index (χ3n) is 6.49. The summed E-state index contributed by atoms with van der Waals surface area (Å²) in [6, 6.07) is 21.7. The van der Waals surface area contributed by atoms with E-state index in [-0.39, 0.29) is 11.5 Å². The van der Waals surface area contributed by atoms with Crippen LogP contribution in [0.2, 0.25) is 0 Å². The van der Waals surface area contributed by atoms with Crippen molar-refractivity contribution in [1.82, 2.24) is 14.5 Å². The van der Waals surface area contributed by atoms with Crippen molar-refractivity contribution in [2.45, 2.75) is 39.7 Å². The molecule has 0 fully saturated rings. The predicted molar refractivity (Wildman–Crippen MR) is 152 cm³/mol. The summed E-state index contributed by atoms with van der Waals surface area (Å²) in [7, 11) is 1.60. The number of methoxy groups -OCH3 is 1. The third-order valence-corrected chi connectivity index (χ3v) is 7.02. The van der Waals surface area contributed by atoms with Crippen LogP contribution in [-0.4, -0.2) is 34.0 Å². The zero-order chi connectivity index (χ0) is 26.5. The zero-order valence-electron chi connectivity index (χ0n) is 21.6. The van der Waals surface area contributed by atoms with Crippen molar-refractivity contribution in [3.63, 3.8) is 0 Å². The van der Waals surface area contributed by atoms with Crippen molar-refractivity contribution in [3.05, 3.63) is 99.0 Å². The number of halogens is 1. The van der Waals surface area contributed by atoms with Crippen LogP contribution in [0.3, 0.4) is 0 Å². The Kier molecular flexibility index (Phi) is 8.44. The van der Waals surface area contributed by atoms with Crippen molar-refractivity contribution >= 4 is 32.7 Å². The molecule has 3 aromatic carbocycles. The molecule has 4 aromatic rings. The summed E-state index contributed by atoms with van der Waals surface area (Å²) in [6.45, 7) is 6.86. The highest BCUT2D eigenvalue weighted by atomic mass is 79.9. The molecule has 7 heteroatoms. The Morgan fingerprint density at radius 2 is 1.70 bits per heavy atom. The van der Waals surface area contributed by atoms with Crippen molar-refractivity contribution in [1.29, 1.82) is 0 Å². The minimum atomic E-state index is -0.408. The molecule has 0 saturated carbocycles. The lowest BCUT2D eigenvalue weighted by Crippen LogP contribution is -2.39. The highest BCUT2D eigenvalue weighted by molar-refractivity contribution is 9.10. The van der Waals surface area contributed by atoms with Gasteiger partial charge >= 0.3 is 0 Å². The quantitative estimate of drug-likeness (QED) is 0.225. The number of hydrogen-bond acceptors (Lipinski definition) is 4. The van der Waals surface area contributed by atoms with Crippen molar-refractivity contribution in [3.8, 4) is 11.4 Å². The number of rotatable bonds is 9. The summed E-state index contributed by atoms with van der Waals surface area (Å²) in [6.07, 6.45) is 1.43. The molecule has 6 nitrogen and oxygen atoms in total. The molecule has 0 aliphatic carbocycles. The molecule has 0 spiro atoms. The van der Waals surface area contributed by atoms with E-state index in [1.54, 1.807) is 42.0 Å². The molecule has 0 aliphatic heterocycles. The number of ether oxygens (including phenoxy) is 1. The van der Waals surface area contributed by atoms with Gasteiger partial charge in [0.1, 0.15) is 11.6 Å². The molecule has 0 bridgehead atoms. The molecule has 0 aliphatic rings. The second kappa shape index (κ2) is 11.7. The fourth-order valence-corrected chi connectivity index (χ4v) is 4.72. The predicted octanol–water partition coefficient (Wildman–Crippen LogP) is 6.80. The first kappa shape index (κ1) is 26.6. The van der Waals surface area contributed by atoms with Gasteiger partial charge in [0.2, 0.25) is 0 Å². The second-order valence-corrected chi connectivity index (χ2v) is 10.4. The van der Waals surface area contributed by atoms with E-state index in [0.29, 0.717) is 52.6 Å². The maximum absolute atomic E-state index is 13.9. The molecule has 0 N–H and O–H groups in total. The normalized spacial score (nSPS) is 12.1. The molecule has 1 unspecified atom stereocenters. The lowest BCUT2D eigenvalue weighted by molar-refractivity contribution is 0.0648. The lowest BCUT2D eigenvalue weighted by atomic mass is 10.0. The monoisotopic (exact) mass is 561 g/mol. The lowest BCUT2D eigenvalue weighted by Gasteiger charge is -2.33. The van der Waals surface area contributed by atoms with Gasteiger partial charge in [-0.25, -0.2) is 4.98 Å². The third kappa shape index (κ3) is 5.77. The van der Waals surface area contributed by atoms with Crippen molar-refractivity contribution in [2.24, 2.45) is 5.92 Å². The highest BCUT2D eigenvalue weighted by Gasteiger charge is 2.30. The van der Waals surface area contributed by atoms with Crippen LogP contribution in [0.4, 0.5) is 0 Å². The number of benzene rings is 3. The Bertz CT molecular complexity index is 1430. The van der Waals surface area contributed by atoms with Crippen LogP contribution >= 0.6 is 15.9 Å². The minimum absolute atomic E-state index is 0.0973. The molecular weight excluding hydrogens is 530 g/mol. The zero-order valence-corrected chi connectivity index (χ0v) is 23.2. The highest BCUT2D eigenvalue weighted by Crippen LogP contribution is 2.29. The fraction of sp³-hybridized carbons (Fsp3) is 0.300. The van der Waals surface area contributed by atoms with Gasteiger partial charge in [-0.05, 0) is 79.4 Å². The van der Waals surface area contributed by atoms with Crippen LogP contribution in [-0.2, 0) is 0 Å². The molecule has 1 heterocycles. The van der Waals surface area contributed by atoms with Gasteiger partial charge in [-0.1, -0.05) is 48.8 Å². The van der Waals surface area contributed by atoms with E-state index in [9.17, 15) is 9.59 Å². The largest absolute Gasteiger partial charge is 0.497 e. The van der Waals surface area contributed by atoms with Crippen LogP contribution in [0.15, 0.2) is 82.1 Å². The number of amides is 1. The number of aromatic nitrogens is 2. The van der Waals surface area contributed by atoms with Crippen LogP contribution in [0, 0.1) is 5.92 Å². The number of carbonyl (C=O) groups is 1. The van der Waals surface area contributed by atoms with Crippen LogP contribution in [0.5, 0.6) is 5.75 Å². The van der Waals surface area contributed by atoms with Gasteiger partial charge in [-0.15, -0.1) is 0 Å². The Balaban J connectivity index is 1.91. The Morgan fingerprint density at radius 3 is 2.32 bits per heavy atom. The van der Waals surface area contributed by atoms with E-state index < -0.39 is 6.04 Å². The number of para-hydroxylation sites is 1. The first-order chi connectivity index (χ1) is 17.8. The summed E-state index contributed by atoms with van der Waals surface area (Å²) in [5.74, 6) is 1.55. The topological polar surface area (TPSA) is 64.4 Å². The maximum Gasteiger partial charge on any atom is 0.266 e. The smallest absolute Gasteiger partial charge is 0.266 e. The van der Waals surface area contributed by atoms with E-state index in [4.69, 9.17) is 9.72 Å². The summed E-state index contributed by atoms with van der Waals surface area (Å²) < 4.78 is 7.85. The van der Waals surface area contributed by atoms with Crippen LogP contribution in [0.1, 0.15) is 55.8 Å². The number of hydrogen-bond donors (Lipinski definition) is 0. The van der Waals surface area contributed by atoms with E-state index in [1.807, 2.05) is 54.3 Å². The number of fused-ring (bicyclic) bond motifs is 1. The van der Waals surface area contributed by atoms with Gasteiger partial charge in [0.05, 0.1) is 29.7 Å². The summed E-state index contributed by atoms with van der Waals surface area (Å²) in [4.78, 5) is 34.6. The van der Waals surface area contributed by atoms with Gasteiger partial charge in [-0.3, -0.25) is 14.2 Å². The fourth-order valence-electron chi connectivity index (χ4n) is 4.45. The van der Waals surface area contributed by atoms with Gasteiger partial charge in [0, 0.05) is 16.6 Å². The standard InChI is InChI=1S/C30H32BrN3O3/c1-5-27(33(19-18-20(2)3)29(35)21-10-16-24(37-4)17-11-21)28-32-26-9-7-6-8-25(26)30(36)34(28)23-14-12-22(31)13-15-23/h6-17,20,27H,5,18-19H2,1-4H3. The summed E-state index contributed by atoms with van der Waals surface area (Å²) in [5, 5.41) is 0.541. The Morgan fingerprint density at radius 1 is 1.03 bits per heavy atom. The van der Waals surface area contributed by atoms with E-state index >= 15 is 0 Å². The molecule has 1 aromatic heterocycles. The number of nitrogens with zero attached hydrogens (tertiary/aromatic N) is 3. The average Bonchev–Trinajstić information content (AvgIpc) is 2.91. The van der Waals surface area contributed by atoms with E-state index in [1.165, 1.54) is 0 Å². The van der Waals surface area contributed by atoms with Gasteiger partial charge < -0.3 is 9.64 Å². The van der Waals surface area contributed by atoms with Crippen molar-refractivity contribution < 1.29 is 9.53 Å². The summed E-state index contributed by atoms with van der Waals surface area (Å²) >= 11 is 3.49. The summed E-state index contributed by atoms with van der Waals surface area (Å²) in [5.41, 5.74) is 1.75. The first-order valence-corrected chi connectivity index (χ1v) is 13.4. The molecule has 37 heavy (non-hydrogen) atoms. The minimum Gasteiger partial charge on any atom is -0.497 e. The second-order valence-electron chi connectivity index (χ2n) is 9.44. The van der Waals surface area contributed by atoms with Crippen molar-refractivity contribution in [2.75, 3.05) is 13.7 Å². The van der Waals surface area contributed by atoms with E-state index in [2.05, 4.69) is 29.8 Å². The molecule has 1 atom stereocenters. The van der Waals surface area contributed by atoms with Crippen LogP contribution < -0.4 is 10.3 Å². The maximum atomic E-state index is 13.9. The molecule has 0 radical (unpaired) electrons. The SMILES string of the molecule is CCC(c1nc2ccccc2c(=O)n1-c1ccc(Br)cc1)N(CCC(C)C)C(=O)c1ccc(OC)cc1. The van der Waals surface area contributed by atoms with E-state index in [0.717, 1.165) is 10.9 Å². The Labute approximate surface area is 226 Å². The van der Waals surface area contributed by atoms with Crippen LogP contribution in [0.25, 0.3) is 16.6 Å². The van der Waals surface area contributed by atoms with Gasteiger partial charge in [0.25, 0.3) is 11.5 Å². The van der Waals surface area contributed by atoms with Gasteiger partial charge in [-0.2, -0.15) is 0 Å². The molecule has 1 amide bonds. The van der Waals surface area contributed by atoms with Gasteiger partial charge in [0.15, 0.2) is 0 Å². The number of carbonyl (C=O) groups excluding carboxylic acids is 1. The molecular formula is C30H32BrN3O3. The first-order valence-electron chi connectivity index (χ1n) is 12.6. The Hall–Kier alpha value is -3.45. The average molecular weight is 563 g/mol. The molecule has 4 rings (SSSR count).